The molecule has 2 atom stereocenters. The van der Waals surface area contributed by atoms with Crippen molar-refractivity contribution in [2.75, 3.05) is 18.0 Å². The molecule has 2 N–H and O–H groups in total. The van der Waals surface area contributed by atoms with Gasteiger partial charge in [-0.15, -0.1) is 0 Å². The lowest BCUT2D eigenvalue weighted by Crippen LogP contribution is -2.36. The summed E-state index contributed by atoms with van der Waals surface area (Å²) in [6.45, 7) is 4.01. The number of aromatic nitrogens is 2. The Morgan fingerprint density at radius 1 is 1.44 bits per heavy atom. The highest BCUT2D eigenvalue weighted by atomic mass is 15.3. The summed E-state index contributed by atoms with van der Waals surface area (Å²) in [5.41, 5.74) is 8.48. The summed E-state index contributed by atoms with van der Waals surface area (Å²) >= 11 is 0. The van der Waals surface area contributed by atoms with Crippen molar-refractivity contribution in [2.45, 2.75) is 51.0 Å². The second kappa shape index (κ2) is 4.84. The van der Waals surface area contributed by atoms with Crippen molar-refractivity contribution in [1.82, 2.24) is 9.97 Å². The number of hydrogen-bond donors (Lipinski definition) is 1. The van der Waals surface area contributed by atoms with Gasteiger partial charge < -0.3 is 10.6 Å². The third-order valence-electron chi connectivity index (χ3n) is 4.43. The number of hydrogen-bond acceptors (Lipinski definition) is 4. The summed E-state index contributed by atoms with van der Waals surface area (Å²) in [4.78, 5) is 11.7. The lowest BCUT2D eigenvalue weighted by atomic mass is 10.0. The van der Waals surface area contributed by atoms with Crippen LogP contribution in [-0.2, 0) is 6.42 Å². The largest absolute Gasteiger partial charge is 0.337 e. The SMILES string of the molecule is CCC1CCc2cnc(N3CCCC3CN)nc21. The van der Waals surface area contributed by atoms with E-state index in [-0.39, 0.29) is 0 Å². The number of anilines is 1. The minimum Gasteiger partial charge on any atom is -0.337 e. The minimum atomic E-state index is 0.435. The van der Waals surface area contributed by atoms with E-state index >= 15 is 0 Å². The first-order chi connectivity index (χ1) is 8.83. The Bertz CT molecular complexity index is 432. The Kier molecular flexibility index (Phi) is 3.20. The number of rotatable bonds is 3. The van der Waals surface area contributed by atoms with E-state index in [0.29, 0.717) is 18.5 Å². The van der Waals surface area contributed by atoms with Crippen LogP contribution >= 0.6 is 0 Å². The molecular weight excluding hydrogens is 224 g/mol. The van der Waals surface area contributed by atoms with Gasteiger partial charge in [-0.3, -0.25) is 0 Å². The maximum atomic E-state index is 5.83. The molecule has 98 valence electrons. The molecule has 2 aliphatic rings. The first-order valence-electron chi connectivity index (χ1n) is 7.16. The highest BCUT2D eigenvalue weighted by Gasteiger charge is 2.28. The van der Waals surface area contributed by atoms with Crippen molar-refractivity contribution in [2.24, 2.45) is 5.73 Å². The summed E-state index contributed by atoms with van der Waals surface area (Å²) in [7, 11) is 0. The summed E-state index contributed by atoms with van der Waals surface area (Å²) in [5.74, 6) is 1.54. The van der Waals surface area contributed by atoms with Crippen molar-refractivity contribution < 1.29 is 0 Å². The third-order valence-corrected chi connectivity index (χ3v) is 4.43. The molecule has 18 heavy (non-hydrogen) atoms. The van der Waals surface area contributed by atoms with Crippen LogP contribution in [0.4, 0.5) is 5.95 Å². The Labute approximate surface area is 109 Å². The van der Waals surface area contributed by atoms with Crippen molar-refractivity contribution in [3.05, 3.63) is 17.5 Å². The summed E-state index contributed by atoms with van der Waals surface area (Å²) in [5, 5.41) is 0. The molecule has 0 aromatic carbocycles. The van der Waals surface area contributed by atoms with E-state index in [9.17, 15) is 0 Å². The van der Waals surface area contributed by atoms with Gasteiger partial charge in [0.15, 0.2) is 0 Å². The molecule has 1 aromatic rings. The predicted octanol–water partition coefficient (Wildman–Crippen LogP) is 1.84. The summed E-state index contributed by atoms with van der Waals surface area (Å²) in [6, 6.07) is 0.435. The zero-order valence-electron chi connectivity index (χ0n) is 11.1. The fourth-order valence-corrected chi connectivity index (χ4v) is 3.30. The van der Waals surface area contributed by atoms with Gasteiger partial charge in [-0.2, -0.15) is 0 Å². The third kappa shape index (κ3) is 1.88. The lowest BCUT2D eigenvalue weighted by Gasteiger charge is -2.24. The zero-order valence-corrected chi connectivity index (χ0v) is 11.1. The van der Waals surface area contributed by atoms with E-state index in [1.807, 2.05) is 6.20 Å². The molecular formula is C14H22N4. The molecule has 0 amide bonds. The molecule has 0 saturated carbocycles. The molecule has 0 bridgehead atoms. The van der Waals surface area contributed by atoms with E-state index in [4.69, 9.17) is 10.7 Å². The van der Waals surface area contributed by atoms with Gasteiger partial charge in [-0.05, 0) is 37.7 Å². The molecule has 3 rings (SSSR count). The summed E-state index contributed by atoms with van der Waals surface area (Å²) in [6.07, 6.45) is 8.00. The van der Waals surface area contributed by atoms with Gasteiger partial charge in [0.2, 0.25) is 5.95 Å². The van der Waals surface area contributed by atoms with Crippen LogP contribution in [0.3, 0.4) is 0 Å². The van der Waals surface area contributed by atoms with Gasteiger partial charge in [0.05, 0.1) is 5.69 Å². The van der Waals surface area contributed by atoms with E-state index in [1.165, 1.54) is 36.9 Å². The molecule has 2 unspecified atom stereocenters. The fraction of sp³-hybridized carbons (Fsp3) is 0.714. The van der Waals surface area contributed by atoms with Gasteiger partial charge in [0.1, 0.15) is 0 Å². The van der Waals surface area contributed by atoms with Crippen LogP contribution in [-0.4, -0.2) is 29.1 Å². The molecule has 0 radical (unpaired) electrons. The van der Waals surface area contributed by atoms with Crippen LogP contribution in [0.25, 0.3) is 0 Å². The molecule has 4 nitrogen and oxygen atoms in total. The molecule has 4 heteroatoms. The Balaban J connectivity index is 1.90. The van der Waals surface area contributed by atoms with Gasteiger partial charge in [-0.1, -0.05) is 6.92 Å². The molecule has 1 fully saturated rings. The van der Waals surface area contributed by atoms with Crippen LogP contribution in [0.2, 0.25) is 0 Å². The van der Waals surface area contributed by atoms with Crippen molar-refractivity contribution >= 4 is 5.95 Å². The van der Waals surface area contributed by atoms with Crippen molar-refractivity contribution in [1.29, 1.82) is 0 Å². The second-order valence-electron chi connectivity index (χ2n) is 5.45. The van der Waals surface area contributed by atoms with Gasteiger partial charge >= 0.3 is 0 Å². The Morgan fingerprint density at radius 3 is 3.11 bits per heavy atom. The van der Waals surface area contributed by atoms with Crippen LogP contribution in [0.5, 0.6) is 0 Å². The topological polar surface area (TPSA) is 55.0 Å². The zero-order chi connectivity index (χ0) is 12.5. The second-order valence-corrected chi connectivity index (χ2v) is 5.45. The standard InChI is InChI=1S/C14H22N4/c1-2-10-5-6-11-9-16-14(17-13(10)11)18-7-3-4-12(18)8-15/h9-10,12H,2-8,15H2,1H3. The van der Waals surface area contributed by atoms with Crippen LogP contribution in [0.1, 0.15) is 49.8 Å². The van der Waals surface area contributed by atoms with Crippen LogP contribution in [0.15, 0.2) is 6.20 Å². The highest BCUT2D eigenvalue weighted by Crippen LogP contribution is 2.35. The maximum absolute atomic E-state index is 5.83. The van der Waals surface area contributed by atoms with E-state index in [2.05, 4.69) is 16.8 Å². The van der Waals surface area contributed by atoms with E-state index < -0.39 is 0 Å². The molecule has 1 aliphatic carbocycles. The molecule has 0 spiro atoms. The van der Waals surface area contributed by atoms with E-state index in [0.717, 1.165) is 18.9 Å². The Morgan fingerprint density at radius 2 is 2.33 bits per heavy atom. The van der Waals surface area contributed by atoms with Crippen molar-refractivity contribution in [3.8, 4) is 0 Å². The quantitative estimate of drug-likeness (QED) is 0.884. The van der Waals surface area contributed by atoms with E-state index in [1.54, 1.807) is 0 Å². The molecule has 2 heterocycles. The normalized spacial score (nSPS) is 26.7. The minimum absolute atomic E-state index is 0.435. The van der Waals surface area contributed by atoms with Gasteiger partial charge in [0, 0.05) is 31.2 Å². The molecule has 1 aliphatic heterocycles. The monoisotopic (exact) mass is 246 g/mol. The van der Waals surface area contributed by atoms with Crippen molar-refractivity contribution in [3.63, 3.8) is 0 Å². The van der Waals surface area contributed by atoms with Crippen LogP contribution < -0.4 is 10.6 Å². The predicted molar refractivity (Wildman–Crippen MR) is 72.8 cm³/mol. The smallest absolute Gasteiger partial charge is 0.225 e. The fourth-order valence-electron chi connectivity index (χ4n) is 3.30. The highest BCUT2D eigenvalue weighted by molar-refractivity contribution is 5.39. The molecule has 1 aromatic heterocycles. The summed E-state index contributed by atoms with van der Waals surface area (Å²) < 4.78 is 0. The first kappa shape index (κ1) is 11.9. The average Bonchev–Trinajstić information content (AvgIpc) is 3.03. The number of nitrogens with zero attached hydrogens (tertiary/aromatic N) is 3. The van der Waals surface area contributed by atoms with Gasteiger partial charge in [0.25, 0.3) is 0 Å². The average molecular weight is 246 g/mol. The number of aryl methyl sites for hydroxylation is 1. The van der Waals surface area contributed by atoms with Gasteiger partial charge in [-0.25, -0.2) is 9.97 Å². The van der Waals surface area contributed by atoms with Crippen LogP contribution in [0, 0.1) is 0 Å². The lowest BCUT2D eigenvalue weighted by molar-refractivity contribution is 0.633. The first-order valence-corrected chi connectivity index (χ1v) is 7.16. The maximum Gasteiger partial charge on any atom is 0.225 e. The molecule has 1 saturated heterocycles. The number of fused-ring (bicyclic) bond motifs is 1. The Hall–Kier alpha value is -1.16. The number of nitrogens with two attached hydrogens (primary N) is 1.